The molecule has 23 heavy (non-hydrogen) atoms. The smallest absolute Gasteiger partial charge is 0.338 e. The Morgan fingerprint density at radius 2 is 1.70 bits per heavy atom. The first-order valence-corrected chi connectivity index (χ1v) is 6.83. The Hall–Kier alpha value is -3.02. The van der Waals surface area contributed by atoms with Gasteiger partial charge in [0.05, 0.1) is 19.8 Å². The van der Waals surface area contributed by atoms with Crippen LogP contribution >= 0.6 is 0 Å². The molecule has 1 amide bonds. The van der Waals surface area contributed by atoms with Crippen LogP contribution in [0.1, 0.15) is 26.3 Å². The molecule has 2 rings (SSSR count). The van der Waals surface area contributed by atoms with Crippen molar-refractivity contribution in [2.24, 2.45) is 5.73 Å². The summed E-state index contributed by atoms with van der Waals surface area (Å²) < 4.78 is 15.5. The molecule has 2 aromatic carbocycles. The number of benzene rings is 2. The molecule has 2 N–H and O–H groups in total. The van der Waals surface area contributed by atoms with Crippen LogP contribution in [0.2, 0.25) is 0 Å². The van der Waals surface area contributed by atoms with E-state index >= 15 is 0 Å². The van der Waals surface area contributed by atoms with E-state index in [2.05, 4.69) is 0 Å². The number of hydrogen-bond donors (Lipinski definition) is 1. The van der Waals surface area contributed by atoms with E-state index in [1.807, 2.05) is 0 Å². The third-order valence-corrected chi connectivity index (χ3v) is 3.26. The number of primary amides is 1. The van der Waals surface area contributed by atoms with Crippen LogP contribution in [0.4, 0.5) is 0 Å². The highest BCUT2D eigenvalue weighted by atomic mass is 16.5. The van der Waals surface area contributed by atoms with E-state index in [1.165, 1.54) is 20.3 Å². The second-order valence-electron chi connectivity index (χ2n) is 4.67. The molecule has 0 spiro atoms. The lowest BCUT2D eigenvalue weighted by molar-refractivity contribution is 0.0470. The number of carbonyl (C=O) groups excluding carboxylic acids is 2. The molecule has 0 bridgehead atoms. The van der Waals surface area contributed by atoms with E-state index in [9.17, 15) is 9.59 Å². The number of methoxy groups -OCH3 is 2. The highest BCUT2D eigenvalue weighted by Gasteiger charge is 2.14. The topological polar surface area (TPSA) is 87.9 Å². The number of amides is 1. The fraction of sp³-hybridized carbons (Fsp3) is 0.176. The molecule has 0 atom stereocenters. The summed E-state index contributed by atoms with van der Waals surface area (Å²) in [6.07, 6.45) is 0. The number of rotatable bonds is 6. The molecular formula is C17H17NO5. The standard InChI is InChI=1S/C17H17NO5/c1-21-14-8-7-11(9-15(14)22-2)17(20)23-10-12-5-3-4-6-13(12)16(18)19/h3-9H,10H2,1-2H3,(H2,18,19). The van der Waals surface area contributed by atoms with E-state index in [1.54, 1.807) is 36.4 Å². The Balaban J connectivity index is 2.13. The quantitative estimate of drug-likeness (QED) is 0.825. The van der Waals surface area contributed by atoms with Gasteiger partial charge in [-0.2, -0.15) is 0 Å². The molecule has 0 fully saturated rings. The van der Waals surface area contributed by atoms with Crippen molar-refractivity contribution in [3.05, 3.63) is 59.2 Å². The minimum atomic E-state index is -0.567. The van der Waals surface area contributed by atoms with Gasteiger partial charge in [0.15, 0.2) is 11.5 Å². The van der Waals surface area contributed by atoms with Gasteiger partial charge >= 0.3 is 5.97 Å². The normalized spacial score (nSPS) is 10.0. The van der Waals surface area contributed by atoms with Gasteiger partial charge in [-0.05, 0) is 24.3 Å². The summed E-state index contributed by atoms with van der Waals surface area (Å²) in [7, 11) is 2.99. The number of esters is 1. The first-order valence-electron chi connectivity index (χ1n) is 6.83. The minimum Gasteiger partial charge on any atom is -0.493 e. The Labute approximate surface area is 133 Å². The van der Waals surface area contributed by atoms with Crippen LogP contribution in [0.3, 0.4) is 0 Å². The van der Waals surface area contributed by atoms with Crippen molar-refractivity contribution in [3.63, 3.8) is 0 Å². The molecule has 0 aliphatic carbocycles. The Morgan fingerprint density at radius 1 is 1.00 bits per heavy atom. The lowest BCUT2D eigenvalue weighted by Gasteiger charge is -2.10. The zero-order valence-corrected chi connectivity index (χ0v) is 12.9. The fourth-order valence-corrected chi connectivity index (χ4v) is 2.08. The van der Waals surface area contributed by atoms with Crippen LogP contribution < -0.4 is 15.2 Å². The molecule has 2 aromatic rings. The summed E-state index contributed by atoms with van der Waals surface area (Å²) in [6, 6.07) is 11.4. The molecule has 6 nitrogen and oxygen atoms in total. The molecule has 0 heterocycles. The van der Waals surface area contributed by atoms with Crippen molar-refractivity contribution in [2.45, 2.75) is 6.61 Å². The first kappa shape index (κ1) is 16.4. The van der Waals surface area contributed by atoms with Gasteiger partial charge in [-0.25, -0.2) is 4.79 Å². The lowest BCUT2D eigenvalue weighted by atomic mass is 10.1. The summed E-state index contributed by atoms with van der Waals surface area (Å²) >= 11 is 0. The average Bonchev–Trinajstić information content (AvgIpc) is 2.59. The summed E-state index contributed by atoms with van der Waals surface area (Å²) in [6.45, 7) is -0.0493. The maximum Gasteiger partial charge on any atom is 0.338 e. The van der Waals surface area contributed by atoms with Gasteiger partial charge < -0.3 is 19.9 Å². The van der Waals surface area contributed by atoms with Crippen LogP contribution in [-0.2, 0) is 11.3 Å². The van der Waals surface area contributed by atoms with Crippen molar-refractivity contribution < 1.29 is 23.8 Å². The SMILES string of the molecule is COc1ccc(C(=O)OCc2ccccc2C(N)=O)cc1OC. The second kappa shape index (κ2) is 7.31. The molecule has 0 aliphatic heterocycles. The van der Waals surface area contributed by atoms with Gasteiger partial charge in [-0.1, -0.05) is 18.2 Å². The number of ether oxygens (including phenoxy) is 3. The molecule has 6 heteroatoms. The molecular weight excluding hydrogens is 298 g/mol. The average molecular weight is 315 g/mol. The lowest BCUT2D eigenvalue weighted by Crippen LogP contribution is -2.15. The van der Waals surface area contributed by atoms with Crippen LogP contribution in [0.5, 0.6) is 11.5 Å². The molecule has 0 aliphatic rings. The van der Waals surface area contributed by atoms with Gasteiger partial charge in [-0.3, -0.25) is 4.79 Å². The Kier molecular flexibility index (Phi) is 5.19. The van der Waals surface area contributed by atoms with Gasteiger partial charge in [0, 0.05) is 11.1 Å². The maximum absolute atomic E-state index is 12.1. The molecule has 0 radical (unpaired) electrons. The second-order valence-corrected chi connectivity index (χ2v) is 4.67. The van der Waals surface area contributed by atoms with E-state index in [4.69, 9.17) is 19.9 Å². The Bertz CT molecular complexity index is 727. The van der Waals surface area contributed by atoms with Crippen molar-refractivity contribution in [3.8, 4) is 11.5 Å². The highest BCUT2D eigenvalue weighted by Crippen LogP contribution is 2.27. The van der Waals surface area contributed by atoms with Crippen LogP contribution in [0.25, 0.3) is 0 Å². The van der Waals surface area contributed by atoms with Crippen molar-refractivity contribution in [1.82, 2.24) is 0 Å². The van der Waals surface area contributed by atoms with E-state index < -0.39 is 11.9 Å². The Morgan fingerprint density at radius 3 is 2.35 bits per heavy atom. The molecule has 0 saturated heterocycles. The van der Waals surface area contributed by atoms with E-state index in [0.717, 1.165) is 0 Å². The van der Waals surface area contributed by atoms with Crippen molar-refractivity contribution in [2.75, 3.05) is 14.2 Å². The third-order valence-electron chi connectivity index (χ3n) is 3.26. The third kappa shape index (κ3) is 3.79. The van der Waals surface area contributed by atoms with Crippen LogP contribution in [0, 0.1) is 0 Å². The predicted molar refractivity (Wildman–Crippen MR) is 83.6 cm³/mol. The number of nitrogens with two attached hydrogens (primary N) is 1. The van der Waals surface area contributed by atoms with Crippen molar-refractivity contribution >= 4 is 11.9 Å². The molecule has 0 unspecified atom stereocenters. The van der Waals surface area contributed by atoms with E-state index in [0.29, 0.717) is 28.2 Å². The minimum absolute atomic E-state index is 0.0493. The first-order chi connectivity index (χ1) is 11.1. The van der Waals surface area contributed by atoms with Crippen molar-refractivity contribution in [1.29, 1.82) is 0 Å². The van der Waals surface area contributed by atoms with Gasteiger partial charge in [0.25, 0.3) is 0 Å². The maximum atomic E-state index is 12.1. The van der Waals surface area contributed by atoms with Crippen LogP contribution in [0.15, 0.2) is 42.5 Å². The van der Waals surface area contributed by atoms with E-state index in [-0.39, 0.29) is 6.61 Å². The number of hydrogen-bond acceptors (Lipinski definition) is 5. The highest BCUT2D eigenvalue weighted by molar-refractivity contribution is 5.94. The fourth-order valence-electron chi connectivity index (χ4n) is 2.08. The molecule has 0 saturated carbocycles. The largest absolute Gasteiger partial charge is 0.493 e. The van der Waals surface area contributed by atoms with Gasteiger partial charge in [0.1, 0.15) is 6.61 Å². The predicted octanol–water partition coefficient (Wildman–Crippen LogP) is 2.16. The summed E-state index contributed by atoms with van der Waals surface area (Å²) in [5.41, 5.74) is 6.49. The summed E-state index contributed by atoms with van der Waals surface area (Å²) in [5, 5.41) is 0. The summed E-state index contributed by atoms with van der Waals surface area (Å²) in [4.78, 5) is 23.5. The monoisotopic (exact) mass is 315 g/mol. The van der Waals surface area contributed by atoms with Gasteiger partial charge in [-0.15, -0.1) is 0 Å². The van der Waals surface area contributed by atoms with Gasteiger partial charge in [0.2, 0.25) is 5.91 Å². The van der Waals surface area contributed by atoms with Crippen LogP contribution in [-0.4, -0.2) is 26.1 Å². The summed E-state index contributed by atoms with van der Waals surface area (Å²) in [5.74, 6) is -0.157. The zero-order valence-electron chi connectivity index (χ0n) is 12.9. The zero-order chi connectivity index (χ0) is 16.8. The molecule has 120 valence electrons. The molecule has 0 aromatic heterocycles. The number of carbonyl (C=O) groups is 2.